The number of nitrogens with zero attached hydrogens (tertiary/aromatic N) is 5. The van der Waals surface area contributed by atoms with Crippen molar-refractivity contribution in [2.24, 2.45) is 0 Å². The predicted octanol–water partition coefficient (Wildman–Crippen LogP) is 1.68. The molecule has 8 heteroatoms. The van der Waals surface area contributed by atoms with E-state index in [4.69, 9.17) is 8.94 Å². The second-order valence-electron chi connectivity index (χ2n) is 6.02. The third-order valence-electron chi connectivity index (χ3n) is 4.21. The maximum absolute atomic E-state index is 5.90. The van der Waals surface area contributed by atoms with Crippen molar-refractivity contribution in [3.05, 3.63) is 41.9 Å². The number of furan rings is 1. The fourth-order valence-corrected chi connectivity index (χ4v) is 2.93. The number of nitrogens with one attached hydrogen (secondary N) is 1. The molecule has 0 unspecified atom stereocenters. The van der Waals surface area contributed by atoms with Crippen LogP contribution in [0.1, 0.15) is 17.5 Å². The lowest BCUT2D eigenvalue weighted by molar-refractivity contribution is 0.113. The molecule has 0 aliphatic carbocycles. The van der Waals surface area contributed by atoms with Gasteiger partial charge in [-0.25, -0.2) is 0 Å². The number of piperazine rings is 1. The molecule has 8 nitrogen and oxygen atoms in total. The Bertz CT molecular complexity index is 770. The quantitative estimate of drug-likeness (QED) is 0.762. The van der Waals surface area contributed by atoms with Gasteiger partial charge >= 0.3 is 0 Å². The monoisotopic (exact) mass is 328 g/mol. The van der Waals surface area contributed by atoms with Crippen LogP contribution in [0.4, 0.5) is 0 Å². The van der Waals surface area contributed by atoms with E-state index < -0.39 is 0 Å². The molecule has 1 aliphatic heterocycles. The average molecular weight is 328 g/mol. The van der Waals surface area contributed by atoms with E-state index in [1.54, 1.807) is 6.20 Å². The second-order valence-corrected chi connectivity index (χ2v) is 6.02. The lowest BCUT2D eigenvalue weighted by Crippen LogP contribution is -2.45. The van der Waals surface area contributed by atoms with Gasteiger partial charge in [0.15, 0.2) is 11.6 Å². The molecule has 4 heterocycles. The average Bonchev–Trinajstić information content (AvgIpc) is 3.31. The van der Waals surface area contributed by atoms with Crippen molar-refractivity contribution in [2.75, 3.05) is 26.2 Å². The topological polar surface area (TPSA) is 87.2 Å². The van der Waals surface area contributed by atoms with Gasteiger partial charge in [0.05, 0.1) is 13.1 Å². The van der Waals surface area contributed by atoms with E-state index in [0.29, 0.717) is 5.89 Å². The summed E-state index contributed by atoms with van der Waals surface area (Å²) >= 11 is 0. The molecular formula is C16H20N6O2. The van der Waals surface area contributed by atoms with Gasteiger partial charge in [0, 0.05) is 39.3 Å². The number of hydrogen-bond donors (Lipinski definition) is 1. The van der Waals surface area contributed by atoms with E-state index >= 15 is 0 Å². The van der Waals surface area contributed by atoms with Gasteiger partial charge < -0.3 is 8.94 Å². The minimum atomic E-state index is 0.620. The minimum absolute atomic E-state index is 0.620. The van der Waals surface area contributed by atoms with Crippen LogP contribution in [0.15, 0.2) is 33.3 Å². The van der Waals surface area contributed by atoms with E-state index in [2.05, 4.69) is 30.1 Å². The van der Waals surface area contributed by atoms with Gasteiger partial charge in [-0.1, -0.05) is 5.16 Å². The molecule has 1 aliphatic rings. The van der Waals surface area contributed by atoms with E-state index in [1.165, 1.54) is 0 Å². The van der Waals surface area contributed by atoms with Crippen molar-refractivity contribution in [1.82, 2.24) is 30.1 Å². The molecule has 24 heavy (non-hydrogen) atoms. The molecule has 1 fully saturated rings. The smallest absolute Gasteiger partial charge is 0.223 e. The normalized spacial score (nSPS) is 16.7. The summed E-state index contributed by atoms with van der Waals surface area (Å²) in [4.78, 5) is 9.01. The van der Waals surface area contributed by atoms with Crippen LogP contribution in [0, 0.1) is 6.92 Å². The molecule has 0 radical (unpaired) electrons. The van der Waals surface area contributed by atoms with Gasteiger partial charge in [-0.05, 0) is 18.2 Å². The maximum Gasteiger partial charge on any atom is 0.223 e. The first-order valence-electron chi connectivity index (χ1n) is 8.08. The van der Waals surface area contributed by atoms with Crippen molar-refractivity contribution in [2.45, 2.75) is 20.0 Å². The van der Waals surface area contributed by atoms with Crippen molar-refractivity contribution in [1.29, 1.82) is 0 Å². The van der Waals surface area contributed by atoms with Crippen LogP contribution >= 0.6 is 0 Å². The van der Waals surface area contributed by atoms with Crippen LogP contribution < -0.4 is 0 Å². The molecule has 0 saturated carbocycles. The van der Waals surface area contributed by atoms with E-state index in [1.807, 2.05) is 25.1 Å². The molecule has 0 aromatic carbocycles. The number of aromatic nitrogens is 4. The molecule has 0 spiro atoms. The van der Waals surface area contributed by atoms with Crippen molar-refractivity contribution in [3.63, 3.8) is 0 Å². The summed E-state index contributed by atoms with van der Waals surface area (Å²) in [6.45, 7) is 7.35. The molecule has 3 aromatic heterocycles. The summed E-state index contributed by atoms with van der Waals surface area (Å²) in [6.07, 6.45) is 1.72. The summed E-state index contributed by atoms with van der Waals surface area (Å²) in [5.74, 6) is 3.18. The van der Waals surface area contributed by atoms with Crippen molar-refractivity contribution >= 4 is 0 Å². The number of rotatable bonds is 5. The fraction of sp³-hybridized carbons (Fsp3) is 0.438. The minimum Gasteiger partial charge on any atom is -0.458 e. The van der Waals surface area contributed by atoms with Gasteiger partial charge in [-0.2, -0.15) is 10.1 Å². The largest absolute Gasteiger partial charge is 0.458 e. The number of aromatic amines is 1. The Morgan fingerprint density at radius 1 is 1.08 bits per heavy atom. The summed E-state index contributed by atoms with van der Waals surface area (Å²) in [5, 5.41) is 10.8. The first-order chi connectivity index (χ1) is 11.8. The van der Waals surface area contributed by atoms with Crippen LogP contribution in [-0.4, -0.2) is 56.3 Å². The highest BCUT2D eigenvalue weighted by atomic mass is 16.5. The molecule has 0 amide bonds. The Morgan fingerprint density at radius 2 is 1.88 bits per heavy atom. The fourth-order valence-electron chi connectivity index (χ4n) is 2.93. The van der Waals surface area contributed by atoms with E-state index in [0.717, 1.165) is 62.3 Å². The third-order valence-corrected chi connectivity index (χ3v) is 4.21. The lowest BCUT2D eigenvalue weighted by atomic mass is 10.3. The Balaban J connectivity index is 1.29. The molecule has 0 bridgehead atoms. The zero-order valence-electron chi connectivity index (χ0n) is 13.6. The molecule has 126 valence electrons. The first-order valence-corrected chi connectivity index (χ1v) is 8.08. The van der Waals surface area contributed by atoms with Crippen molar-refractivity contribution in [3.8, 4) is 11.5 Å². The number of aryl methyl sites for hydroxylation is 1. The lowest BCUT2D eigenvalue weighted by Gasteiger charge is -2.33. The summed E-state index contributed by atoms with van der Waals surface area (Å²) in [5.41, 5.74) is 0.904. The number of hydrogen-bond acceptors (Lipinski definition) is 7. The van der Waals surface area contributed by atoms with Crippen LogP contribution in [0.3, 0.4) is 0 Å². The van der Waals surface area contributed by atoms with Crippen molar-refractivity contribution < 1.29 is 8.94 Å². The van der Waals surface area contributed by atoms with Crippen LogP contribution in [-0.2, 0) is 13.1 Å². The van der Waals surface area contributed by atoms with Crippen LogP contribution in [0.25, 0.3) is 11.5 Å². The molecule has 3 aromatic rings. The van der Waals surface area contributed by atoms with Crippen LogP contribution in [0.2, 0.25) is 0 Å². The summed E-state index contributed by atoms with van der Waals surface area (Å²) in [6, 6.07) is 5.92. The molecule has 4 rings (SSSR count). The Hall–Kier alpha value is -2.45. The SMILES string of the molecule is Cc1nc(CN2CCN(Cc3ccc(-c4ccn[nH]4)o3)CC2)no1. The molecule has 1 saturated heterocycles. The van der Waals surface area contributed by atoms with Gasteiger partial charge in [0.25, 0.3) is 0 Å². The highest BCUT2D eigenvalue weighted by Crippen LogP contribution is 2.21. The summed E-state index contributed by atoms with van der Waals surface area (Å²) < 4.78 is 10.9. The van der Waals surface area contributed by atoms with E-state index in [9.17, 15) is 0 Å². The molecule has 1 N–H and O–H groups in total. The van der Waals surface area contributed by atoms with Gasteiger partial charge in [0.2, 0.25) is 5.89 Å². The summed E-state index contributed by atoms with van der Waals surface area (Å²) in [7, 11) is 0. The van der Waals surface area contributed by atoms with Gasteiger partial charge in [-0.3, -0.25) is 14.9 Å². The highest BCUT2D eigenvalue weighted by molar-refractivity contribution is 5.51. The maximum atomic E-state index is 5.90. The number of H-pyrrole nitrogens is 1. The van der Waals surface area contributed by atoms with E-state index in [-0.39, 0.29) is 0 Å². The predicted molar refractivity (Wildman–Crippen MR) is 85.9 cm³/mol. The standard InChI is InChI=1S/C16H20N6O2/c1-12-18-16(20-24-12)11-22-8-6-21(7-9-22)10-13-2-3-15(23-13)14-4-5-17-19-14/h2-5H,6-11H2,1H3,(H,17,19). The highest BCUT2D eigenvalue weighted by Gasteiger charge is 2.19. The van der Waals surface area contributed by atoms with Gasteiger partial charge in [-0.15, -0.1) is 0 Å². The Morgan fingerprint density at radius 3 is 2.54 bits per heavy atom. The molecule has 0 atom stereocenters. The molecular weight excluding hydrogens is 308 g/mol. The Labute approximate surface area is 139 Å². The zero-order valence-corrected chi connectivity index (χ0v) is 13.6. The van der Waals surface area contributed by atoms with Gasteiger partial charge in [0.1, 0.15) is 11.5 Å². The zero-order chi connectivity index (χ0) is 16.4. The Kier molecular flexibility index (Phi) is 4.14. The first kappa shape index (κ1) is 15.1. The second kappa shape index (κ2) is 6.58. The van der Waals surface area contributed by atoms with Crippen LogP contribution in [0.5, 0.6) is 0 Å². The third kappa shape index (κ3) is 3.39.